The standard InChI is InChI=1S/C12H18N6O2/c1-4-5-9(6-11(19)20)18-12(13-15-16-18)10-7-17(3)14-8(10)2/h7,9H,4-6H2,1-3H3,(H,19,20). The van der Waals surface area contributed by atoms with Crippen LogP contribution >= 0.6 is 0 Å². The molecule has 0 aromatic carbocycles. The molecule has 1 N–H and O–H groups in total. The molecule has 0 bridgehead atoms. The highest BCUT2D eigenvalue weighted by Crippen LogP contribution is 2.25. The Labute approximate surface area is 116 Å². The number of nitrogens with zero attached hydrogens (tertiary/aromatic N) is 6. The molecule has 1 atom stereocenters. The molecule has 0 aliphatic heterocycles. The summed E-state index contributed by atoms with van der Waals surface area (Å²) in [6.07, 6.45) is 3.42. The normalized spacial score (nSPS) is 12.6. The summed E-state index contributed by atoms with van der Waals surface area (Å²) in [6.45, 7) is 3.88. The highest BCUT2D eigenvalue weighted by atomic mass is 16.4. The van der Waals surface area contributed by atoms with Crippen LogP contribution in [0.1, 0.15) is 37.9 Å². The second kappa shape index (κ2) is 5.81. The smallest absolute Gasteiger partial charge is 0.305 e. The number of carbonyl (C=O) groups is 1. The molecule has 0 radical (unpaired) electrons. The van der Waals surface area contributed by atoms with E-state index in [1.807, 2.05) is 27.1 Å². The third kappa shape index (κ3) is 2.84. The van der Waals surface area contributed by atoms with Crippen molar-refractivity contribution in [1.82, 2.24) is 30.0 Å². The van der Waals surface area contributed by atoms with Crippen LogP contribution in [0.5, 0.6) is 0 Å². The molecule has 108 valence electrons. The molecule has 2 heterocycles. The molecule has 2 aromatic heterocycles. The van der Waals surface area contributed by atoms with Crippen LogP contribution < -0.4 is 0 Å². The number of rotatable bonds is 6. The predicted molar refractivity (Wildman–Crippen MR) is 71.0 cm³/mol. The summed E-state index contributed by atoms with van der Waals surface area (Å²) in [5.41, 5.74) is 1.64. The van der Waals surface area contributed by atoms with Crippen LogP contribution in [0.25, 0.3) is 11.4 Å². The Morgan fingerprint density at radius 2 is 2.25 bits per heavy atom. The number of hydrogen-bond donors (Lipinski definition) is 1. The van der Waals surface area contributed by atoms with Crippen molar-refractivity contribution >= 4 is 5.97 Å². The summed E-state index contributed by atoms with van der Waals surface area (Å²) in [5, 5.41) is 25.0. The van der Waals surface area contributed by atoms with Gasteiger partial charge in [-0.15, -0.1) is 5.10 Å². The molecule has 8 nitrogen and oxygen atoms in total. The van der Waals surface area contributed by atoms with Crippen LogP contribution in [0.4, 0.5) is 0 Å². The highest BCUT2D eigenvalue weighted by molar-refractivity contribution is 5.67. The zero-order chi connectivity index (χ0) is 14.7. The van der Waals surface area contributed by atoms with Gasteiger partial charge in [-0.1, -0.05) is 13.3 Å². The number of aryl methyl sites for hydroxylation is 2. The summed E-state index contributed by atoms with van der Waals surface area (Å²) in [6, 6.07) is -0.248. The number of carboxylic acids is 1. The van der Waals surface area contributed by atoms with Crippen LogP contribution in [0.3, 0.4) is 0 Å². The van der Waals surface area contributed by atoms with Crippen LogP contribution in [0.15, 0.2) is 6.20 Å². The van der Waals surface area contributed by atoms with Crippen LogP contribution in [-0.2, 0) is 11.8 Å². The lowest BCUT2D eigenvalue weighted by Crippen LogP contribution is -2.16. The first kappa shape index (κ1) is 14.2. The topological polar surface area (TPSA) is 98.7 Å². The first-order chi connectivity index (χ1) is 9.52. The fraction of sp³-hybridized carbons (Fsp3) is 0.583. The van der Waals surface area contributed by atoms with Crippen molar-refractivity contribution in [1.29, 1.82) is 0 Å². The Hall–Kier alpha value is -2.25. The lowest BCUT2D eigenvalue weighted by molar-refractivity contribution is -0.138. The number of aromatic nitrogens is 6. The van der Waals surface area contributed by atoms with Gasteiger partial charge in [0.2, 0.25) is 0 Å². The van der Waals surface area contributed by atoms with E-state index in [4.69, 9.17) is 5.11 Å². The maximum absolute atomic E-state index is 11.0. The molecule has 20 heavy (non-hydrogen) atoms. The lowest BCUT2D eigenvalue weighted by atomic mass is 10.1. The van der Waals surface area contributed by atoms with E-state index >= 15 is 0 Å². The second-order valence-corrected chi connectivity index (χ2v) is 4.79. The minimum absolute atomic E-state index is 0.00515. The molecule has 0 amide bonds. The quantitative estimate of drug-likeness (QED) is 0.852. The molecule has 0 saturated carbocycles. The molecule has 0 saturated heterocycles. The van der Waals surface area contributed by atoms with Gasteiger partial charge in [-0.3, -0.25) is 9.48 Å². The molecule has 0 aliphatic rings. The van der Waals surface area contributed by atoms with Gasteiger partial charge >= 0.3 is 5.97 Å². The SMILES string of the molecule is CCCC(CC(=O)O)n1nnnc1-c1cn(C)nc1C. The van der Waals surface area contributed by atoms with E-state index in [1.54, 1.807) is 9.36 Å². The zero-order valence-electron chi connectivity index (χ0n) is 11.8. The molecule has 2 rings (SSSR count). The van der Waals surface area contributed by atoms with Gasteiger partial charge < -0.3 is 5.11 Å². The van der Waals surface area contributed by atoms with E-state index in [-0.39, 0.29) is 12.5 Å². The number of aliphatic carboxylic acids is 1. The summed E-state index contributed by atoms with van der Waals surface area (Å²) in [7, 11) is 1.82. The van der Waals surface area contributed by atoms with Gasteiger partial charge in [0.1, 0.15) is 0 Å². The Morgan fingerprint density at radius 1 is 1.50 bits per heavy atom. The number of hydrogen-bond acceptors (Lipinski definition) is 5. The van der Waals surface area contributed by atoms with Crippen molar-refractivity contribution in [2.24, 2.45) is 7.05 Å². The van der Waals surface area contributed by atoms with Crippen molar-refractivity contribution in [2.75, 3.05) is 0 Å². The number of carboxylic acid groups (broad SMARTS) is 1. The van der Waals surface area contributed by atoms with Gasteiger partial charge in [-0.2, -0.15) is 5.10 Å². The van der Waals surface area contributed by atoms with Gasteiger partial charge in [0.05, 0.1) is 23.7 Å². The van der Waals surface area contributed by atoms with E-state index < -0.39 is 5.97 Å². The van der Waals surface area contributed by atoms with Gasteiger partial charge in [0.15, 0.2) is 5.82 Å². The van der Waals surface area contributed by atoms with Crippen molar-refractivity contribution < 1.29 is 9.90 Å². The van der Waals surface area contributed by atoms with Crippen LogP contribution in [-0.4, -0.2) is 41.1 Å². The highest BCUT2D eigenvalue weighted by Gasteiger charge is 2.22. The lowest BCUT2D eigenvalue weighted by Gasteiger charge is -2.15. The largest absolute Gasteiger partial charge is 0.481 e. The van der Waals surface area contributed by atoms with E-state index in [9.17, 15) is 4.79 Å². The van der Waals surface area contributed by atoms with Crippen LogP contribution in [0.2, 0.25) is 0 Å². The maximum Gasteiger partial charge on any atom is 0.305 e. The Balaban J connectivity index is 2.40. The first-order valence-corrected chi connectivity index (χ1v) is 6.53. The van der Waals surface area contributed by atoms with E-state index in [0.29, 0.717) is 12.2 Å². The Morgan fingerprint density at radius 3 is 2.80 bits per heavy atom. The molecule has 2 aromatic rings. The number of tetrazole rings is 1. The molecule has 0 spiro atoms. The summed E-state index contributed by atoms with van der Waals surface area (Å²) >= 11 is 0. The second-order valence-electron chi connectivity index (χ2n) is 4.79. The molecule has 0 aliphatic carbocycles. The minimum atomic E-state index is -0.854. The third-order valence-electron chi connectivity index (χ3n) is 3.13. The average Bonchev–Trinajstić information content (AvgIpc) is 2.94. The van der Waals surface area contributed by atoms with Crippen molar-refractivity contribution in [3.8, 4) is 11.4 Å². The summed E-state index contributed by atoms with van der Waals surface area (Å²) in [4.78, 5) is 11.0. The summed E-state index contributed by atoms with van der Waals surface area (Å²) < 4.78 is 3.29. The van der Waals surface area contributed by atoms with Crippen molar-refractivity contribution in [3.05, 3.63) is 11.9 Å². The molecule has 8 heteroatoms. The van der Waals surface area contributed by atoms with Gasteiger partial charge in [-0.25, -0.2) is 4.68 Å². The zero-order valence-corrected chi connectivity index (χ0v) is 11.8. The molecular formula is C12H18N6O2. The monoisotopic (exact) mass is 278 g/mol. The maximum atomic E-state index is 11.0. The van der Waals surface area contributed by atoms with Crippen molar-refractivity contribution in [2.45, 2.75) is 39.2 Å². The molecule has 0 fully saturated rings. The Kier molecular flexibility index (Phi) is 4.11. The fourth-order valence-corrected chi connectivity index (χ4v) is 2.28. The fourth-order valence-electron chi connectivity index (χ4n) is 2.28. The molecular weight excluding hydrogens is 260 g/mol. The van der Waals surface area contributed by atoms with Crippen LogP contribution in [0, 0.1) is 6.92 Å². The van der Waals surface area contributed by atoms with E-state index in [0.717, 1.165) is 17.7 Å². The first-order valence-electron chi connectivity index (χ1n) is 6.53. The van der Waals surface area contributed by atoms with Gasteiger partial charge in [0, 0.05) is 13.2 Å². The average molecular weight is 278 g/mol. The third-order valence-corrected chi connectivity index (χ3v) is 3.13. The molecule has 1 unspecified atom stereocenters. The van der Waals surface area contributed by atoms with E-state index in [1.165, 1.54) is 0 Å². The van der Waals surface area contributed by atoms with Gasteiger partial charge in [-0.05, 0) is 23.8 Å². The minimum Gasteiger partial charge on any atom is -0.481 e. The van der Waals surface area contributed by atoms with Crippen molar-refractivity contribution in [3.63, 3.8) is 0 Å². The van der Waals surface area contributed by atoms with Gasteiger partial charge in [0.25, 0.3) is 0 Å². The summed E-state index contributed by atoms with van der Waals surface area (Å²) in [5.74, 6) is -0.289. The Bertz CT molecular complexity index is 603. The van der Waals surface area contributed by atoms with E-state index in [2.05, 4.69) is 20.6 Å². The predicted octanol–water partition coefficient (Wildman–Crippen LogP) is 1.20.